The van der Waals surface area contributed by atoms with Crippen molar-refractivity contribution in [2.45, 2.75) is 50.9 Å². The van der Waals surface area contributed by atoms with Gasteiger partial charge in [0.25, 0.3) is 0 Å². The molecule has 2 aromatic carbocycles. The summed E-state index contributed by atoms with van der Waals surface area (Å²) in [6.07, 6.45) is 6.71. The minimum absolute atomic E-state index is 0.233. The minimum Gasteiger partial charge on any atom is -0.495 e. The Morgan fingerprint density at radius 3 is 2.28 bits per heavy atom. The number of ketones is 1. The van der Waals surface area contributed by atoms with Crippen molar-refractivity contribution < 1.29 is 9.53 Å². The Labute approximate surface area is 193 Å². The third kappa shape index (κ3) is 5.01. The summed E-state index contributed by atoms with van der Waals surface area (Å²) in [5, 5.41) is 0. The van der Waals surface area contributed by atoms with Gasteiger partial charge in [0.05, 0.1) is 18.2 Å². The first-order valence-electron chi connectivity index (χ1n) is 12.3. The number of ether oxygens (including phenoxy) is 1. The van der Waals surface area contributed by atoms with Crippen LogP contribution in [0.2, 0.25) is 0 Å². The molecule has 2 fully saturated rings. The molecule has 1 unspecified atom stereocenters. The zero-order valence-corrected chi connectivity index (χ0v) is 19.8. The summed E-state index contributed by atoms with van der Waals surface area (Å²) in [7, 11) is 1.74. The maximum atomic E-state index is 13.8. The second kappa shape index (κ2) is 10.5. The van der Waals surface area contributed by atoms with E-state index in [1.165, 1.54) is 30.5 Å². The van der Waals surface area contributed by atoms with Crippen LogP contribution in [0.5, 0.6) is 5.75 Å². The molecule has 1 saturated carbocycles. The largest absolute Gasteiger partial charge is 0.495 e. The molecule has 4 nitrogen and oxygen atoms in total. The van der Waals surface area contributed by atoms with Gasteiger partial charge in [0, 0.05) is 32.1 Å². The molecule has 0 spiro atoms. The highest BCUT2D eigenvalue weighted by Crippen LogP contribution is 2.37. The van der Waals surface area contributed by atoms with Gasteiger partial charge < -0.3 is 9.64 Å². The third-order valence-electron chi connectivity index (χ3n) is 7.66. The number of methoxy groups -OCH3 is 1. The monoisotopic (exact) mass is 434 g/mol. The molecule has 0 N–H and O–H groups in total. The highest BCUT2D eigenvalue weighted by atomic mass is 16.5. The number of hydrogen-bond acceptors (Lipinski definition) is 4. The van der Waals surface area contributed by atoms with Gasteiger partial charge in [0.15, 0.2) is 0 Å². The van der Waals surface area contributed by atoms with Gasteiger partial charge in [-0.1, -0.05) is 61.7 Å². The lowest BCUT2D eigenvalue weighted by molar-refractivity contribution is -0.129. The highest BCUT2D eigenvalue weighted by molar-refractivity contribution is 5.91. The number of para-hydroxylation sites is 2. The van der Waals surface area contributed by atoms with Gasteiger partial charge >= 0.3 is 0 Å². The Hall–Kier alpha value is -2.33. The molecule has 4 heteroatoms. The zero-order valence-electron chi connectivity index (χ0n) is 19.8. The fourth-order valence-electron chi connectivity index (χ4n) is 5.52. The van der Waals surface area contributed by atoms with Crippen LogP contribution in [0.25, 0.3) is 0 Å². The number of Topliss-reactive ketones (excluding diaryl/α,β-unsaturated/α-hetero) is 1. The van der Waals surface area contributed by atoms with Crippen LogP contribution in [0.1, 0.15) is 51.0 Å². The maximum absolute atomic E-state index is 13.8. The van der Waals surface area contributed by atoms with E-state index in [-0.39, 0.29) is 5.92 Å². The molecule has 172 valence electrons. The van der Waals surface area contributed by atoms with Crippen LogP contribution in [0.15, 0.2) is 54.6 Å². The van der Waals surface area contributed by atoms with Crippen LogP contribution >= 0.6 is 0 Å². The summed E-state index contributed by atoms with van der Waals surface area (Å²) >= 11 is 0. The van der Waals surface area contributed by atoms with Gasteiger partial charge in [0.2, 0.25) is 0 Å². The fraction of sp³-hybridized carbons (Fsp3) is 0.536. The zero-order chi connectivity index (χ0) is 22.4. The molecule has 0 radical (unpaired) electrons. The summed E-state index contributed by atoms with van der Waals surface area (Å²) in [5.74, 6) is 1.64. The second-order valence-electron chi connectivity index (χ2n) is 9.65. The van der Waals surface area contributed by atoms with Gasteiger partial charge in [-0.2, -0.15) is 0 Å². The molecule has 2 aromatic rings. The molecule has 0 bridgehead atoms. The smallest absolute Gasteiger partial charge is 0.146 e. The van der Waals surface area contributed by atoms with E-state index < -0.39 is 5.41 Å². The van der Waals surface area contributed by atoms with E-state index in [1.807, 2.05) is 18.2 Å². The first-order valence-corrected chi connectivity index (χ1v) is 12.3. The second-order valence-corrected chi connectivity index (χ2v) is 9.65. The van der Waals surface area contributed by atoms with Gasteiger partial charge in [0.1, 0.15) is 11.5 Å². The maximum Gasteiger partial charge on any atom is 0.146 e. The highest BCUT2D eigenvalue weighted by Gasteiger charge is 2.39. The Bertz CT molecular complexity index is 870. The number of hydrogen-bond donors (Lipinski definition) is 0. The Kier molecular flexibility index (Phi) is 7.51. The minimum atomic E-state index is -0.400. The van der Waals surface area contributed by atoms with Crippen molar-refractivity contribution in [2.24, 2.45) is 5.92 Å². The molecule has 1 aliphatic carbocycles. The van der Waals surface area contributed by atoms with Crippen LogP contribution in [0, 0.1) is 5.92 Å². The number of nitrogens with zero attached hydrogens (tertiary/aromatic N) is 2. The molecule has 0 amide bonds. The van der Waals surface area contributed by atoms with Gasteiger partial charge in [-0.25, -0.2) is 0 Å². The van der Waals surface area contributed by atoms with E-state index in [1.54, 1.807) is 7.11 Å². The standard InChI is InChI=1S/C28H38N2O2/c1-28(24-13-7-4-8-14-24,27(31)23-11-5-3-6-12-23)17-18-29-19-21-30(22-20-29)25-15-9-10-16-26(25)32-2/h4,7-10,13-16,23H,3,5-6,11-12,17-22H2,1-2H3. The topological polar surface area (TPSA) is 32.8 Å². The quantitative estimate of drug-likeness (QED) is 0.563. The van der Waals surface area contributed by atoms with Crippen molar-refractivity contribution in [3.8, 4) is 5.75 Å². The number of rotatable bonds is 8. The number of anilines is 1. The lowest BCUT2D eigenvalue weighted by Gasteiger charge is -2.39. The molecule has 1 atom stereocenters. The summed E-state index contributed by atoms with van der Waals surface area (Å²) in [5.41, 5.74) is 1.96. The van der Waals surface area contributed by atoms with Gasteiger partial charge in [-0.3, -0.25) is 9.69 Å². The SMILES string of the molecule is COc1ccccc1N1CCN(CCC(C)(C(=O)C2CCCCC2)c2ccccc2)CC1. The Morgan fingerprint density at radius 2 is 1.59 bits per heavy atom. The molecule has 32 heavy (non-hydrogen) atoms. The molecule has 1 aliphatic heterocycles. The summed E-state index contributed by atoms with van der Waals surface area (Å²) < 4.78 is 5.56. The molecule has 2 aliphatic rings. The van der Waals surface area contributed by atoms with Crippen LogP contribution < -0.4 is 9.64 Å². The first kappa shape index (κ1) is 22.8. The number of carbonyl (C=O) groups excluding carboxylic acids is 1. The van der Waals surface area contributed by atoms with Crippen LogP contribution in [0.3, 0.4) is 0 Å². The predicted molar refractivity (Wildman–Crippen MR) is 132 cm³/mol. The molecule has 1 saturated heterocycles. The molecule has 0 aromatic heterocycles. The van der Waals surface area contributed by atoms with Crippen molar-refractivity contribution in [3.63, 3.8) is 0 Å². The molecule has 1 heterocycles. The lowest BCUT2D eigenvalue weighted by atomic mass is 9.69. The first-order chi connectivity index (χ1) is 15.6. The summed E-state index contributed by atoms with van der Waals surface area (Å²) in [4.78, 5) is 18.7. The summed E-state index contributed by atoms with van der Waals surface area (Å²) in [6.45, 7) is 7.16. The molecule has 4 rings (SSSR count). The van der Waals surface area contributed by atoms with Crippen molar-refractivity contribution in [3.05, 3.63) is 60.2 Å². The normalized spacial score (nSPS) is 20.0. The van der Waals surface area contributed by atoms with Gasteiger partial charge in [-0.15, -0.1) is 0 Å². The number of carbonyl (C=O) groups is 1. The van der Waals surface area contributed by atoms with Gasteiger partial charge in [-0.05, 0) is 50.4 Å². The van der Waals surface area contributed by atoms with E-state index in [9.17, 15) is 4.79 Å². The predicted octanol–water partition coefficient (Wildman–Crippen LogP) is 5.31. The van der Waals surface area contributed by atoms with Crippen molar-refractivity contribution in [1.82, 2.24) is 4.90 Å². The van der Waals surface area contributed by atoms with E-state index in [4.69, 9.17) is 4.74 Å². The van der Waals surface area contributed by atoms with Crippen LogP contribution in [0.4, 0.5) is 5.69 Å². The third-order valence-corrected chi connectivity index (χ3v) is 7.66. The number of piperazine rings is 1. The Morgan fingerprint density at radius 1 is 0.938 bits per heavy atom. The average Bonchev–Trinajstić information content (AvgIpc) is 2.88. The lowest BCUT2D eigenvalue weighted by Crippen LogP contribution is -2.48. The fourth-order valence-corrected chi connectivity index (χ4v) is 5.52. The van der Waals surface area contributed by atoms with Crippen LogP contribution in [-0.4, -0.2) is 50.5 Å². The van der Waals surface area contributed by atoms with E-state index >= 15 is 0 Å². The number of benzene rings is 2. The van der Waals surface area contributed by atoms with Crippen LogP contribution in [-0.2, 0) is 10.2 Å². The van der Waals surface area contributed by atoms with E-state index in [0.29, 0.717) is 5.78 Å². The van der Waals surface area contributed by atoms with Crippen molar-refractivity contribution in [1.29, 1.82) is 0 Å². The van der Waals surface area contributed by atoms with E-state index in [0.717, 1.165) is 57.7 Å². The molecular weight excluding hydrogens is 396 g/mol. The Balaban J connectivity index is 1.41. The van der Waals surface area contributed by atoms with Crippen molar-refractivity contribution in [2.75, 3.05) is 44.7 Å². The van der Waals surface area contributed by atoms with Crippen molar-refractivity contribution >= 4 is 11.5 Å². The van der Waals surface area contributed by atoms with E-state index in [2.05, 4.69) is 53.1 Å². The molecular formula is C28H38N2O2. The summed E-state index contributed by atoms with van der Waals surface area (Å²) in [6, 6.07) is 18.8. The average molecular weight is 435 g/mol.